The van der Waals surface area contributed by atoms with Crippen molar-refractivity contribution in [3.8, 4) is 0 Å². The van der Waals surface area contributed by atoms with E-state index in [1.165, 1.54) is 11.3 Å². The standard InChI is InChI=1S/C13H15N3OS2/c1-4-18-13-16-15-12(19-13)14-11(17)10-7-8(2)5-6-9(10)3/h5-7H,4H2,1-3H3,(H,14,15,17). The van der Waals surface area contributed by atoms with Crippen LogP contribution in [0, 0.1) is 13.8 Å². The molecule has 0 aliphatic rings. The van der Waals surface area contributed by atoms with E-state index in [1.54, 1.807) is 11.8 Å². The number of anilines is 1. The van der Waals surface area contributed by atoms with Crippen molar-refractivity contribution in [3.63, 3.8) is 0 Å². The SMILES string of the molecule is CCSc1nnc(NC(=O)c2cc(C)ccc2C)s1. The van der Waals surface area contributed by atoms with Gasteiger partial charge < -0.3 is 0 Å². The summed E-state index contributed by atoms with van der Waals surface area (Å²) >= 11 is 3.02. The molecule has 2 rings (SSSR count). The topological polar surface area (TPSA) is 54.9 Å². The lowest BCUT2D eigenvalue weighted by Gasteiger charge is -2.05. The fraction of sp³-hybridized carbons (Fsp3) is 0.308. The van der Waals surface area contributed by atoms with Gasteiger partial charge >= 0.3 is 0 Å². The number of nitrogens with one attached hydrogen (secondary N) is 1. The quantitative estimate of drug-likeness (QED) is 0.692. The number of carbonyl (C=O) groups is 1. The minimum absolute atomic E-state index is 0.134. The molecule has 0 aliphatic heterocycles. The van der Waals surface area contributed by atoms with Crippen molar-refractivity contribution in [1.29, 1.82) is 0 Å². The fourth-order valence-corrected chi connectivity index (χ4v) is 3.23. The zero-order valence-electron chi connectivity index (χ0n) is 11.1. The summed E-state index contributed by atoms with van der Waals surface area (Å²) in [6, 6.07) is 5.82. The van der Waals surface area contributed by atoms with Gasteiger partial charge in [0.2, 0.25) is 5.13 Å². The maximum Gasteiger partial charge on any atom is 0.257 e. The number of rotatable bonds is 4. The summed E-state index contributed by atoms with van der Waals surface area (Å²) in [6.45, 7) is 5.95. The molecule has 4 nitrogen and oxygen atoms in total. The molecule has 19 heavy (non-hydrogen) atoms. The third kappa shape index (κ3) is 3.54. The highest BCUT2D eigenvalue weighted by Gasteiger charge is 2.12. The first-order chi connectivity index (χ1) is 9.10. The molecule has 1 heterocycles. The Bertz CT molecular complexity index is 595. The highest BCUT2D eigenvalue weighted by molar-refractivity contribution is 8.01. The van der Waals surface area contributed by atoms with Crippen LogP contribution in [0.5, 0.6) is 0 Å². The van der Waals surface area contributed by atoms with Gasteiger partial charge in [-0.05, 0) is 31.2 Å². The average Bonchev–Trinajstić information content (AvgIpc) is 2.80. The largest absolute Gasteiger partial charge is 0.296 e. The Morgan fingerprint density at radius 2 is 2.16 bits per heavy atom. The van der Waals surface area contributed by atoms with Crippen molar-refractivity contribution in [3.05, 3.63) is 34.9 Å². The average molecular weight is 293 g/mol. The van der Waals surface area contributed by atoms with Crippen LogP contribution in [0.25, 0.3) is 0 Å². The number of benzene rings is 1. The summed E-state index contributed by atoms with van der Waals surface area (Å²) in [6.07, 6.45) is 0. The smallest absolute Gasteiger partial charge is 0.257 e. The van der Waals surface area contributed by atoms with E-state index in [1.807, 2.05) is 32.0 Å². The van der Waals surface area contributed by atoms with Crippen LogP contribution in [0.15, 0.2) is 22.5 Å². The van der Waals surface area contributed by atoms with Crippen LogP contribution in [0.4, 0.5) is 5.13 Å². The lowest BCUT2D eigenvalue weighted by atomic mass is 10.1. The number of hydrogen-bond acceptors (Lipinski definition) is 5. The molecule has 0 atom stereocenters. The number of hydrogen-bond donors (Lipinski definition) is 1. The van der Waals surface area contributed by atoms with Crippen LogP contribution >= 0.6 is 23.1 Å². The Morgan fingerprint density at radius 1 is 1.37 bits per heavy atom. The minimum Gasteiger partial charge on any atom is -0.296 e. The van der Waals surface area contributed by atoms with Gasteiger partial charge in [0.25, 0.3) is 5.91 Å². The third-order valence-corrected chi connectivity index (χ3v) is 4.39. The Balaban J connectivity index is 2.13. The lowest BCUT2D eigenvalue weighted by Crippen LogP contribution is -2.13. The van der Waals surface area contributed by atoms with Crippen LogP contribution < -0.4 is 5.32 Å². The second kappa shape index (κ2) is 6.16. The van der Waals surface area contributed by atoms with Gasteiger partial charge in [0, 0.05) is 5.56 Å². The molecule has 0 saturated heterocycles. The molecule has 1 aromatic heterocycles. The van der Waals surface area contributed by atoms with Gasteiger partial charge in [-0.15, -0.1) is 10.2 Å². The van der Waals surface area contributed by atoms with Crippen LogP contribution in [0.2, 0.25) is 0 Å². The molecule has 1 N–H and O–H groups in total. The molecule has 0 saturated carbocycles. The Hall–Kier alpha value is -1.40. The predicted molar refractivity (Wildman–Crippen MR) is 80.2 cm³/mol. The number of aryl methyl sites for hydroxylation is 2. The van der Waals surface area contributed by atoms with Crippen LogP contribution in [0.1, 0.15) is 28.4 Å². The Morgan fingerprint density at radius 3 is 2.89 bits per heavy atom. The van der Waals surface area contributed by atoms with Crippen molar-refractivity contribution in [1.82, 2.24) is 10.2 Å². The number of nitrogens with zero attached hydrogens (tertiary/aromatic N) is 2. The van der Waals surface area contributed by atoms with Gasteiger partial charge in [-0.1, -0.05) is 47.7 Å². The van der Waals surface area contributed by atoms with Gasteiger partial charge in [0.15, 0.2) is 4.34 Å². The third-order valence-electron chi connectivity index (χ3n) is 2.53. The van der Waals surface area contributed by atoms with Crippen molar-refractivity contribution in [2.75, 3.05) is 11.1 Å². The van der Waals surface area contributed by atoms with Crippen molar-refractivity contribution in [2.24, 2.45) is 0 Å². The highest BCUT2D eigenvalue weighted by atomic mass is 32.2. The van der Waals surface area contributed by atoms with E-state index in [-0.39, 0.29) is 5.91 Å². The summed E-state index contributed by atoms with van der Waals surface area (Å²) in [5.74, 6) is 0.810. The van der Waals surface area contributed by atoms with E-state index in [4.69, 9.17) is 0 Å². The van der Waals surface area contributed by atoms with E-state index in [9.17, 15) is 4.79 Å². The maximum absolute atomic E-state index is 12.2. The molecule has 0 unspecified atom stereocenters. The van der Waals surface area contributed by atoms with Gasteiger partial charge in [-0.3, -0.25) is 10.1 Å². The van der Waals surface area contributed by atoms with Crippen molar-refractivity contribution in [2.45, 2.75) is 25.1 Å². The monoisotopic (exact) mass is 293 g/mol. The van der Waals surface area contributed by atoms with Gasteiger partial charge in [-0.2, -0.15) is 0 Å². The molecule has 1 amide bonds. The fourth-order valence-electron chi connectivity index (χ4n) is 1.59. The normalized spacial score (nSPS) is 10.5. The summed E-state index contributed by atoms with van der Waals surface area (Å²) in [5.41, 5.74) is 2.70. The second-order valence-electron chi connectivity index (χ2n) is 4.08. The molecule has 100 valence electrons. The van der Waals surface area contributed by atoms with E-state index < -0.39 is 0 Å². The first kappa shape index (κ1) is 14.0. The van der Waals surface area contributed by atoms with Gasteiger partial charge in [0.1, 0.15) is 0 Å². The van der Waals surface area contributed by atoms with E-state index in [2.05, 4.69) is 22.4 Å². The summed E-state index contributed by atoms with van der Waals surface area (Å²) in [5, 5.41) is 11.3. The molecule has 1 aromatic carbocycles. The van der Waals surface area contributed by atoms with Crippen LogP contribution in [0.3, 0.4) is 0 Å². The molecule has 0 bridgehead atoms. The van der Waals surface area contributed by atoms with E-state index >= 15 is 0 Å². The highest BCUT2D eigenvalue weighted by Crippen LogP contribution is 2.25. The van der Waals surface area contributed by atoms with Gasteiger partial charge in [-0.25, -0.2) is 0 Å². The molecule has 0 spiro atoms. The van der Waals surface area contributed by atoms with Crippen molar-refractivity contribution >= 4 is 34.1 Å². The zero-order valence-corrected chi connectivity index (χ0v) is 12.7. The molecule has 0 fully saturated rings. The van der Waals surface area contributed by atoms with E-state index in [0.717, 1.165) is 21.2 Å². The summed E-state index contributed by atoms with van der Waals surface area (Å²) < 4.78 is 0.874. The minimum atomic E-state index is -0.134. The predicted octanol–water partition coefficient (Wildman–Crippen LogP) is 3.52. The zero-order chi connectivity index (χ0) is 13.8. The number of aromatic nitrogens is 2. The van der Waals surface area contributed by atoms with Crippen molar-refractivity contribution < 1.29 is 4.79 Å². The lowest BCUT2D eigenvalue weighted by molar-refractivity contribution is 0.102. The molecule has 0 radical (unpaired) electrons. The molecule has 2 aromatic rings. The maximum atomic E-state index is 12.2. The van der Waals surface area contributed by atoms with E-state index in [0.29, 0.717) is 10.7 Å². The van der Waals surface area contributed by atoms with Crippen LogP contribution in [-0.2, 0) is 0 Å². The number of thioether (sulfide) groups is 1. The Kier molecular flexibility index (Phi) is 4.55. The second-order valence-corrected chi connectivity index (χ2v) is 6.57. The molecule has 0 aliphatic carbocycles. The molecular weight excluding hydrogens is 278 g/mol. The summed E-state index contributed by atoms with van der Waals surface area (Å²) in [7, 11) is 0. The van der Waals surface area contributed by atoms with Crippen LogP contribution in [-0.4, -0.2) is 21.9 Å². The molecular formula is C13H15N3OS2. The molecule has 6 heteroatoms. The first-order valence-corrected chi connectivity index (χ1v) is 7.75. The first-order valence-electron chi connectivity index (χ1n) is 5.95. The summed E-state index contributed by atoms with van der Waals surface area (Å²) in [4.78, 5) is 12.2. The van der Waals surface area contributed by atoms with Gasteiger partial charge in [0.05, 0.1) is 0 Å². The number of carbonyl (C=O) groups excluding carboxylic acids is 1. The Labute approximate surface area is 120 Å². The number of amides is 1.